The zero-order chi connectivity index (χ0) is 22.8. The molecule has 3 rings (SSSR count). The van der Waals surface area contributed by atoms with E-state index >= 15 is 0 Å². The van der Waals surface area contributed by atoms with E-state index < -0.39 is 5.82 Å². The maximum absolute atomic E-state index is 14.5. The number of rotatable bonds is 6. The van der Waals surface area contributed by atoms with Crippen molar-refractivity contribution < 1.29 is 8.78 Å². The van der Waals surface area contributed by atoms with Crippen LogP contribution in [0, 0.1) is 35.3 Å². The molecule has 3 aromatic rings. The van der Waals surface area contributed by atoms with E-state index in [4.69, 9.17) is 0 Å². The van der Waals surface area contributed by atoms with E-state index in [0.29, 0.717) is 16.7 Å². The first-order valence-electron chi connectivity index (χ1n) is 11.3. The number of hydrogen-bond donors (Lipinski definition) is 0. The molecule has 0 aliphatic carbocycles. The molecule has 3 aromatic carbocycles. The van der Waals surface area contributed by atoms with Gasteiger partial charge in [0.15, 0.2) is 0 Å². The van der Waals surface area contributed by atoms with Crippen molar-refractivity contribution >= 4 is 0 Å². The van der Waals surface area contributed by atoms with Crippen molar-refractivity contribution in [3.8, 4) is 23.7 Å². The van der Waals surface area contributed by atoms with Crippen LogP contribution < -0.4 is 0 Å². The highest BCUT2D eigenvalue weighted by atomic mass is 19.1. The van der Waals surface area contributed by atoms with E-state index in [1.165, 1.54) is 17.7 Å². The minimum atomic E-state index is -0.413. The third-order valence-corrected chi connectivity index (χ3v) is 5.26. The molecule has 0 saturated heterocycles. The SMILES string of the molecule is CCCCCc1ccc(C#Cc2ccc(C#Cc3ccc(CCC)cc3)c(F)c2)cc1F. The van der Waals surface area contributed by atoms with Crippen LogP contribution in [0.25, 0.3) is 0 Å². The Balaban J connectivity index is 1.69. The second-order valence-corrected chi connectivity index (χ2v) is 7.90. The summed E-state index contributed by atoms with van der Waals surface area (Å²) in [4.78, 5) is 0. The third-order valence-electron chi connectivity index (χ3n) is 5.26. The maximum Gasteiger partial charge on any atom is 0.140 e. The van der Waals surface area contributed by atoms with Gasteiger partial charge < -0.3 is 0 Å². The van der Waals surface area contributed by atoms with Crippen molar-refractivity contribution in [1.82, 2.24) is 0 Å². The minimum absolute atomic E-state index is 0.229. The normalized spacial score (nSPS) is 10.1. The van der Waals surface area contributed by atoms with Gasteiger partial charge in [-0.3, -0.25) is 0 Å². The Hall–Kier alpha value is -3.36. The van der Waals surface area contributed by atoms with Gasteiger partial charge in [0.2, 0.25) is 0 Å². The molecule has 0 fully saturated rings. The highest BCUT2D eigenvalue weighted by molar-refractivity contribution is 5.49. The Kier molecular flexibility index (Phi) is 8.65. The second kappa shape index (κ2) is 11.9. The average molecular weight is 427 g/mol. The standard InChI is InChI=1S/C30H28F2/c1-3-5-6-8-27-19-16-25(21-29(27)31)13-14-26-17-20-28(30(32)22-26)18-15-24-11-9-23(7-4-2)10-12-24/h9-12,16-17,19-22H,3-8H2,1-2H3. The van der Waals surface area contributed by atoms with Crippen molar-refractivity contribution in [2.45, 2.75) is 52.4 Å². The van der Waals surface area contributed by atoms with Gasteiger partial charge in [-0.25, -0.2) is 8.78 Å². The monoisotopic (exact) mass is 426 g/mol. The van der Waals surface area contributed by atoms with Gasteiger partial charge in [0.25, 0.3) is 0 Å². The summed E-state index contributed by atoms with van der Waals surface area (Å²) in [5.41, 5.74) is 4.29. The Morgan fingerprint density at radius 2 is 1.22 bits per heavy atom. The van der Waals surface area contributed by atoms with Crippen LogP contribution in [0.3, 0.4) is 0 Å². The fourth-order valence-corrected chi connectivity index (χ4v) is 3.41. The van der Waals surface area contributed by atoms with E-state index in [9.17, 15) is 8.78 Å². The van der Waals surface area contributed by atoms with Crippen LogP contribution in [0.15, 0.2) is 60.7 Å². The van der Waals surface area contributed by atoms with E-state index in [1.807, 2.05) is 18.2 Å². The molecule has 0 atom stereocenters. The molecule has 0 bridgehead atoms. The van der Waals surface area contributed by atoms with Crippen molar-refractivity contribution in [2.75, 3.05) is 0 Å². The number of unbranched alkanes of at least 4 members (excludes halogenated alkanes) is 2. The first kappa shape index (κ1) is 23.3. The zero-order valence-corrected chi connectivity index (χ0v) is 18.8. The van der Waals surface area contributed by atoms with Crippen LogP contribution in [0.5, 0.6) is 0 Å². The smallest absolute Gasteiger partial charge is 0.140 e. The molecule has 2 heteroatoms. The molecule has 0 aliphatic rings. The first-order valence-corrected chi connectivity index (χ1v) is 11.3. The van der Waals surface area contributed by atoms with Gasteiger partial charge in [0, 0.05) is 16.7 Å². The topological polar surface area (TPSA) is 0 Å². The Morgan fingerprint density at radius 1 is 0.594 bits per heavy atom. The van der Waals surface area contributed by atoms with Crippen molar-refractivity contribution in [3.63, 3.8) is 0 Å². The molecule has 0 aliphatic heterocycles. The Morgan fingerprint density at radius 3 is 1.84 bits per heavy atom. The summed E-state index contributed by atoms with van der Waals surface area (Å²) in [6.45, 7) is 4.27. The predicted octanol–water partition coefficient (Wildman–Crippen LogP) is 7.45. The van der Waals surface area contributed by atoms with Crippen molar-refractivity contribution in [1.29, 1.82) is 0 Å². The molecule has 32 heavy (non-hydrogen) atoms. The third kappa shape index (κ3) is 6.83. The van der Waals surface area contributed by atoms with Crippen LogP contribution in [0.4, 0.5) is 8.78 Å². The van der Waals surface area contributed by atoms with E-state index in [1.54, 1.807) is 18.2 Å². The zero-order valence-electron chi connectivity index (χ0n) is 18.8. The highest BCUT2D eigenvalue weighted by Gasteiger charge is 2.03. The summed E-state index contributed by atoms with van der Waals surface area (Å²) in [7, 11) is 0. The number of hydrogen-bond acceptors (Lipinski definition) is 0. The lowest BCUT2D eigenvalue weighted by Gasteiger charge is -2.03. The van der Waals surface area contributed by atoms with Crippen LogP contribution >= 0.6 is 0 Å². The fraction of sp³-hybridized carbons (Fsp3) is 0.267. The summed E-state index contributed by atoms with van der Waals surface area (Å²) >= 11 is 0. The molecule has 0 radical (unpaired) electrons. The molecular formula is C30H28F2. The van der Waals surface area contributed by atoms with Gasteiger partial charge in [-0.1, -0.05) is 75.0 Å². The second-order valence-electron chi connectivity index (χ2n) is 7.90. The van der Waals surface area contributed by atoms with Gasteiger partial charge in [-0.15, -0.1) is 0 Å². The highest BCUT2D eigenvalue weighted by Crippen LogP contribution is 2.14. The summed E-state index contributed by atoms with van der Waals surface area (Å²) < 4.78 is 28.7. The first-order chi connectivity index (χ1) is 15.6. The van der Waals surface area contributed by atoms with Crippen LogP contribution in [0.1, 0.15) is 72.9 Å². The van der Waals surface area contributed by atoms with Crippen LogP contribution in [0.2, 0.25) is 0 Å². The van der Waals surface area contributed by atoms with Crippen LogP contribution in [-0.4, -0.2) is 0 Å². The molecule has 0 heterocycles. The van der Waals surface area contributed by atoms with E-state index in [0.717, 1.165) is 49.7 Å². The summed E-state index contributed by atoms with van der Waals surface area (Å²) in [5.74, 6) is 11.1. The molecular weight excluding hydrogens is 398 g/mol. The van der Waals surface area contributed by atoms with Crippen molar-refractivity contribution in [2.24, 2.45) is 0 Å². The predicted molar refractivity (Wildman–Crippen MR) is 128 cm³/mol. The van der Waals surface area contributed by atoms with Gasteiger partial charge in [0.05, 0.1) is 5.56 Å². The Labute approximate surface area is 190 Å². The largest absolute Gasteiger partial charge is 0.207 e. The molecule has 0 amide bonds. The lowest BCUT2D eigenvalue weighted by atomic mass is 10.0. The Bertz CT molecular complexity index is 1170. The molecule has 0 aromatic heterocycles. The van der Waals surface area contributed by atoms with E-state index in [-0.39, 0.29) is 5.82 Å². The minimum Gasteiger partial charge on any atom is -0.207 e. The summed E-state index contributed by atoms with van der Waals surface area (Å²) in [6.07, 6.45) is 6.07. The maximum atomic E-state index is 14.5. The molecule has 0 spiro atoms. The van der Waals surface area contributed by atoms with Gasteiger partial charge in [0.1, 0.15) is 11.6 Å². The van der Waals surface area contributed by atoms with Gasteiger partial charge >= 0.3 is 0 Å². The van der Waals surface area contributed by atoms with E-state index in [2.05, 4.69) is 49.7 Å². The summed E-state index contributed by atoms with van der Waals surface area (Å²) in [5, 5.41) is 0. The lowest BCUT2D eigenvalue weighted by molar-refractivity contribution is 0.598. The molecule has 162 valence electrons. The number of benzene rings is 3. The lowest BCUT2D eigenvalue weighted by Crippen LogP contribution is -1.92. The molecule has 0 saturated carbocycles. The molecule has 0 N–H and O–H groups in total. The van der Waals surface area contributed by atoms with Crippen molar-refractivity contribution in [3.05, 3.63) is 106 Å². The fourth-order valence-electron chi connectivity index (χ4n) is 3.41. The molecule has 0 nitrogen and oxygen atoms in total. The van der Waals surface area contributed by atoms with Crippen LogP contribution in [-0.2, 0) is 12.8 Å². The molecule has 0 unspecified atom stereocenters. The van der Waals surface area contributed by atoms with Gasteiger partial charge in [-0.05, 0) is 72.9 Å². The quantitative estimate of drug-likeness (QED) is 0.284. The van der Waals surface area contributed by atoms with Gasteiger partial charge in [-0.2, -0.15) is 0 Å². The summed E-state index contributed by atoms with van der Waals surface area (Å²) in [6, 6.07) is 17.9. The number of aryl methyl sites for hydroxylation is 2. The average Bonchev–Trinajstić information content (AvgIpc) is 2.79. The number of halogens is 2.